The minimum atomic E-state index is -1.33. The molecule has 0 atom stereocenters. The normalized spacial score (nSPS) is 11.2. The van der Waals surface area contributed by atoms with E-state index < -0.39 is 29.0 Å². The molecule has 1 rings (SSSR count). The second kappa shape index (κ2) is 6.69. The van der Waals surface area contributed by atoms with Crippen molar-refractivity contribution in [3.05, 3.63) is 29.8 Å². The molecule has 20 heavy (non-hydrogen) atoms. The van der Waals surface area contributed by atoms with E-state index in [0.29, 0.717) is 10.6 Å². The summed E-state index contributed by atoms with van der Waals surface area (Å²) in [6.07, 6.45) is 0.0837. The van der Waals surface area contributed by atoms with Crippen molar-refractivity contribution in [2.45, 2.75) is 30.7 Å². The molecule has 7 heteroatoms. The molecule has 2 N–H and O–H groups in total. The van der Waals surface area contributed by atoms with Gasteiger partial charge >= 0.3 is 5.97 Å². The van der Waals surface area contributed by atoms with Crippen LogP contribution >= 0.6 is 11.8 Å². The third-order valence-corrected chi connectivity index (χ3v) is 3.47. The molecule has 0 fully saturated rings. The van der Waals surface area contributed by atoms with Gasteiger partial charge in [0.2, 0.25) is 5.91 Å². The third-order valence-electron chi connectivity index (χ3n) is 2.48. The maximum absolute atomic E-state index is 12.9. The highest BCUT2D eigenvalue weighted by atomic mass is 32.2. The van der Waals surface area contributed by atoms with Crippen molar-refractivity contribution in [1.29, 1.82) is 0 Å². The van der Waals surface area contributed by atoms with Crippen molar-refractivity contribution < 1.29 is 23.5 Å². The van der Waals surface area contributed by atoms with Crippen LogP contribution in [0, 0.1) is 11.6 Å². The lowest BCUT2D eigenvalue weighted by Crippen LogP contribution is -2.49. The summed E-state index contributed by atoms with van der Waals surface area (Å²) in [5.41, 5.74) is -1.33. The van der Waals surface area contributed by atoms with E-state index in [1.165, 1.54) is 31.7 Å². The summed E-state index contributed by atoms with van der Waals surface area (Å²) in [4.78, 5) is 22.9. The monoisotopic (exact) mass is 303 g/mol. The molecule has 0 radical (unpaired) electrons. The Hall–Kier alpha value is -1.63. The third kappa shape index (κ3) is 4.80. The Kier molecular flexibility index (Phi) is 5.50. The molecule has 0 bridgehead atoms. The number of benzene rings is 1. The zero-order valence-electron chi connectivity index (χ0n) is 11.1. The number of hydrogen-bond acceptors (Lipinski definition) is 3. The standard InChI is InChI=1S/C13H15F2NO3S/c1-13(2,12(18)19)16-11(17)5-6-20-8-3-4-9(14)10(15)7-8/h3-4,7H,5-6H2,1-2H3,(H,16,17)(H,18,19). The number of thioether (sulfide) groups is 1. The molecule has 110 valence electrons. The van der Waals surface area contributed by atoms with E-state index in [4.69, 9.17) is 5.11 Å². The fourth-order valence-electron chi connectivity index (χ4n) is 1.29. The van der Waals surface area contributed by atoms with Gasteiger partial charge in [-0.2, -0.15) is 0 Å². The Balaban J connectivity index is 2.42. The summed E-state index contributed by atoms with van der Waals surface area (Å²) in [7, 11) is 0. The number of carboxylic acids is 1. The van der Waals surface area contributed by atoms with Crippen molar-refractivity contribution in [2.75, 3.05) is 5.75 Å². The zero-order chi connectivity index (χ0) is 15.3. The molecule has 1 aromatic carbocycles. The average molecular weight is 303 g/mol. The van der Waals surface area contributed by atoms with Crippen molar-refractivity contribution in [2.24, 2.45) is 0 Å². The van der Waals surface area contributed by atoms with Crippen LogP contribution in [-0.2, 0) is 9.59 Å². The first-order chi connectivity index (χ1) is 9.22. The van der Waals surface area contributed by atoms with E-state index in [0.717, 1.165) is 12.1 Å². The molecule has 0 aliphatic carbocycles. The highest BCUT2D eigenvalue weighted by molar-refractivity contribution is 7.99. The lowest BCUT2D eigenvalue weighted by Gasteiger charge is -2.20. The SMILES string of the molecule is CC(C)(NC(=O)CCSc1ccc(F)c(F)c1)C(=O)O. The second-order valence-electron chi connectivity index (χ2n) is 4.65. The van der Waals surface area contributed by atoms with Crippen molar-refractivity contribution in [1.82, 2.24) is 5.32 Å². The van der Waals surface area contributed by atoms with Gasteiger partial charge in [0, 0.05) is 17.1 Å². The quantitative estimate of drug-likeness (QED) is 0.792. The molecular formula is C13H15F2NO3S. The van der Waals surface area contributed by atoms with Gasteiger partial charge in [0.15, 0.2) is 11.6 Å². The van der Waals surface area contributed by atoms with Gasteiger partial charge in [-0.1, -0.05) is 0 Å². The van der Waals surface area contributed by atoms with Gasteiger partial charge in [-0.25, -0.2) is 13.6 Å². The Bertz CT molecular complexity index is 520. The van der Waals surface area contributed by atoms with Crippen LogP contribution in [0.3, 0.4) is 0 Å². The Morgan fingerprint density at radius 3 is 2.50 bits per heavy atom. The van der Waals surface area contributed by atoms with Crippen LogP contribution in [-0.4, -0.2) is 28.3 Å². The van der Waals surface area contributed by atoms with Gasteiger partial charge in [0.1, 0.15) is 5.54 Å². The lowest BCUT2D eigenvalue weighted by atomic mass is 10.1. The van der Waals surface area contributed by atoms with Gasteiger partial charge in [-0.3, -0.25) is 4.79 Å². The van der Waals surface area contributed by atoms with E-state index in [9.17, 15) is 18.4 Å². The number of carboxylic acid groups (broad SMARTS) is 1. The van der Waals surface area contributed by atoms with Crippen LogP contribution in [0.15, 0.2) is 23.1 Å². The number of halogens is 2. The predicted octanol–water partition coefficient (Wildman–Crippen LogP) is 2.43. The largest absolute Gasteiger partial charge is 0.480 e. The number of carbonyl (C=O) groups is 2. The van der Waals surface area contributed by atoms with Crippen molar-refractivity contribution in [3.63, 3.8) is 0 Å². The summed E-state index contributed by atoms with van der Waals surface area (Å²) in [5.74, 6) is -3.06. The van der Waals surface area contributed by atoms with E-state index >= 15 is 0 Å². The highest BCUT2D eigenvalue weighted by Crippen LogP contribution is 2.21. The molecule has 0 heterocycles. The maximum atomic E-state index is 12.9. The minimum absolute atomic E-state index is 0.0837. The minimum Gasteiger partial charge on any atom is -0.480 e. The predicted molar refractivity (Wildman–Crippen MR) is 71.6 cm³/mol. The van der Waals surface area contributed by atoms with Crippen LogP contribution in [0.4, 0.5) is 8.78 Å². The number of nitrogens with one attached hydrogen (secondary N) is 1. The summed E-state index contributed by atoms with van der Waals surface area (Å²) in [6, 6.07) is 3.49. The van der Waals surface area contributed by atoms with Crippen LogP contribution in [0.1, 0.15) is 20.3 Å². The number of carbonyl (C=O) groups excluding carboxylic acids is 1. The first kappa shape index (κ1) is 16.4. The van der Waals surface area contributed by atoms with Crippen molar-refractivity contribution in [3.8, 4) is 0 Å². The van der Waals surface area contributed by atoms with E-state index in [-0.39, 0.29) is 6.42 Å². The molecule has 1 amide bonds. The highest BCUT2D eigenvalue weighted by Gasteiger charge is 2.28. The summed E-state index contributed by atoms with van der Waals surface area (Å²) in [6.45, 7) is 2.77. The molecule has 0 aliphatic heterocycles. The van der Waals surface area contributed by atoms with Gasteiger partial charge in [-0.05, 0) is 32.0 Å². The fourth-order valence-corrected chi connectivity index (χ4v) is 2.17. The number of rotatable bonds is 6. The number of aliphatic carboxylic acids is 1. The number of amides is 1. The van der Waals surface area contributed by atoms with E-state index in [1.807, 2.05) is 0 Å². The first-order valence-electron chi connectivity index (χ1n) is 5.84. The van der Waals surface area contributed by atoms with Gasteiger partial charge < -0.3 is 10.4 Å². The molecule has 4 nitrogen and oxygen atoms in total. The van der Waals surface area contributed by atoms with Gasteiger partial charge in [-0.15, -0.1) is 11.8 Å². The molecule has 0 aliphatic rings. The van der Waals surface area contributed by atoms with Crippen molar-refractivity contribution >= 4 is 23.6 Å². The molecule has 0 saturated heterocycles. The average Bonchev–Trinajstić information content (AvgIpc) is 2.33. The Morgan fingerprint density at radius 2 is 1.95 bits per heavy atom. The molecule has 1 aromatic rings. The van der Waals surface area contributed by atoms with Crippen LogP contribution < -0.4 is 5.32 Å². The molecular weight excluding hydrogens is 288 g/mol. The first-order valence-corrected chi connectivity index (χ1v) is 6.83. The summed E-state index contributed by atoms with van der Waals surface area (Å²) in [5, 5.41) is 11.2. The van der Waals surface area contributed by atoms with E-state index in [2.05, 4.69) is 5.32 Å². The zero-order valence-corrected chi connectivity index (χ0v) is 11.9. The summed E-state index contributed by atoms with van der Waals surface area (Å²) < 4.78 is 25.7. The smallest absolute Gasteiger partial charge is 0.328 e. The van der Waals surface area contributed by atoms with Gasteiger partial charge in [0.05, 0.1) is 0 Å². The Labute approximate surface area is 119 Å². The maximum Gasteiger partial charge on any atom is 0.328 e. The van der Waals surface area contributed by atoms with Crippen LogP contribution in [0.5, 0.6) is 0 Å². The number of hydrogen-bond donors (Lipinski definition) is 2. The van der Waals surface area contributed by atoms with Crippen LogP contribution in [0.2, 0.25) is 0 Å². The molecule has 0 aromatic heterocycles. The van der Waals surface area contributed by atoms with Crippen LogP contribution in [0.25, 0.3) is 0 Å². The fraction of sp³-hybridized carbons (Fsp3) is 0.385. The lowest BCUT2D eigenvalue weighted by molar-refractivity contribution is -0.145. The topological polar surface area (TPSA) is 66.4 Å². The Morgan fingerprint density at radius 1 is 1.30 bits per heavy atom. The summed E-state index contributed by atoms with van der Waals surface area (Å²) >= 11 is 1.19. The molecule has 0 saturated carbocycles. The van der Waals surface area contributed by atoms with E-state index in [1.54, 1.807) is 0 Å². The van der Waals surface area contributed by atoms with Gasteiger partial charge in [0.25, 0.3) is 0 Å². The second-order valence-corrected chi connectivity index (χ2v) is 5.82. The molecule has 0 unspecified atom stereocenters. The molecule has 0 spiro atoms.